The van der Waals surface area contributed by atoms with E-state index in [9.17, 15) is 4.79 Å². The molecule has 2 aromatic carbocycles. The van der Waals surface area contributed by atoms with Crippen LogP contribution in [0.2, 0.25) is 15.1 Å². The van der Waals surface area contributed by atoms with Crippen molar-refractivity contribution in [3.63, 3.8) is 0 Å². The number of carbonyl (C=O) groups excluding carboxylic acids is 1. The number of morpholine rings is 1. The van der Waals surface area contributed by atoms with Crippen molar-refractivity contribution in [2.75, 3.05) is 26.3 Å². The Bertz CT molecular complexity index is 997. The van der Waals surface area contributed by atoms with E-state index in [0.29, 0.717) is 69.5 Å². The minimum atomic E-state index is -0.0522. The Morgan fingerprint density at radius 1 is 1.08 bits per heavy atom. The zero-order chi connectivity index (χ0) is 18.3. The molecule has 1 aromatic heterocycles. The maximum Gasteiger partial charge on any atom is 0.254 e. The van der Waals surface area contributed by atoms with E-state index in [0.717, 1.165) is 0 Å². The van der Waals surface area contributed by atoms with Crippen molar-refractivity contribution >= 4 is 51.8 Å². The predicted molar refractivity (Wildman–Crippen MR) is 101 cm³/mol. The molecule has 0 saturated carbocycles. The molecular formula is C18H13Cl3N2O3. The van der Waals surface area contributed by atoms with Crippen LogP contribution in [0.3, 0.4) is 0 Å². The van der Waals surface area contributed by atoms with Crippen molar-refractivity contribution < 1.29 is 13.9 Å². The summed E-state index contributed by atoms with van der Waals surface area (Å²) in [6.07, 6.45) is 0. The first kappa shape index (κ1) is 17.6. The van der Waals surface area contributed by atoms with Crippen LogP contribution < -0.4 is 0 Å². The van der Waals surface area contributed by atoms with Gasteiger partial charge in [-0.15, -0.1) is 0 Å². The molecule has 0 bridgehead atoms. The van der Waals surface area contributed by atoms with E-state index in [1.165, 1.54) is 0 Å². The van der Waals surface area contributed by atoms with E-state index in [1.54, 1.807) is 35.2 Å². The number of hydrogen-bond donors (Lipinski definition) is 0. The molecule has 26 heavy (non-hydrogen) atoms. The number of rotatable bonds is 2. The lowest BCUT2D eigenvalue weighted by molar-refractivity contribution is 0.0303. The minimum absolute atomic E-state index is 0.0522. The third kappa shape index (κ3) is 3.28. The van der Waals surface area contributed by atoms with Crippen molar-refractivity contribution in [3.05, 3.63) is 51.0 Å². The molecule has 1 aliphatic rings. The van der Waals surface area contributed by atoms with Gasteiger partial charge >= 0.3 is 0 Å². The van der Waals surface area contributed by atoms with Gasteiger partial charge in [0.05, 0.1) is 28.8 Å². The fourth-order valence-electron chi connectivity index (χ4n) is 2.84. The molecule has 1 saturated heterocycles. The maximum atomic E-state index is 12.6. The summed E-state index contributed by atoms with van der Waals surface area (Å²) < 4.78 is 11.1. The van der Waals surface area contributed by atoms with Gasteiger partial charge in [-0.25, -0.2) is 4.98 Å². The minimum Gasteiger partial charge on any atom is -0.436 e. The van der Waals surface area contributed by atoms with Gasteiger partial charge in [-0.3, -0.25) is 4.79 Å². The molecule has 1 fully saturated rings. The second-order valence-electron chi connectivity index (χ2n) is 5.86. The fourth-order valence-corrected chi connectivity index (χ4v) is 3.52. The van der Waals surface area contributed by atoms with Gasteiger partial charge in [-0.1, -0.05) is 34.8 Å². The first-order valence-electron chi connectivity index (χ1n) is 7.95. The van der Waals surface area contributed by atoms with E-state index in [1.807, 2.05) is 0 Å². The van der Waals surface area contributed by atoms with Crippen molar-refractivity contribution in [1.29, 1.82) is 0 Å². The van der Waals surface area contributed by atoms with Crippen LogP contribution in [0.15, 0.2) is 34.7 Å². The van der Waals surface area contributed by atoms with Gasteiger partial charge in [-0.05, 0) is 30.3 Å². The van der Waals surface area contributed by atoms with Crippen LogP contribution >= 0.6 is 34.8 Å². The van der Waals surface area contributed by atoms with Crippen LogP contribution in [0.25, 0.3) is 22.6 Å². The highest BCUT2D eigenvalue weighted by Crippen LogP contribution is 2.37. The third-order valence-corrected chi connectivity index (χ3v) is 5.18. The Morgan fingerprint density at radius 2 is 1.85 bits per heavy atom. The quantitative estimate of drug-likeness (QED) is 0.561. The summed E-state index contributed by atoms with van der Waals surface area (Å²) in [5.41, 5.74) is 2.16. The fraction of sp³-hybridized carbons (Fsp3) is 0.222. The third-order valence-electron chi connectivity index (χ3n) is 4.16. The van der Waals surface area contributed by atoms with Crippen molar-refractivity contribution in [2.24, 2.45) is 0 Å². The van der Waals surface area contributed by atoms with Crippen molar-refractivity contribution in [3.8, 4) is 11.5 Å². The monoisotopic (exact) mass is 410 g/mol. The van der Waals surface area contributed by atoms with Crippen LogP contribution in [0, 0.1) is 0 Å². The van der Waals surface area contributed by atoms with Gasteiger partial charge in [0.15, 0.2) is 5.58 Å². The first-order chi connectivity index (χ1) is 12.5. The number of oxazole rings is 1. The van der Waals surface area contributed by atoms with Gasteiger partial charge in [0, 0.05) is 23.7 Å². The van der Waals surface area contributed by atoms with Crippen LogP contribution in [0.4, 0.5) is 0 Å². The second kappa shape index (κ2) is 7.08. The summed E-state index contributed by atoms with van der Waals surface area (Å²) >= 11 is 18.4. The lowest BCUT2D eigenvalue weighted by atomic mass is 10.1. The lowest BCUT2D eigenvalue weighted by Gasteiger charge is -2.26. The summed E-state index contributed by atoms with van der Waals surface area (Å²) in [4.78, 5) is 18.8. The van der Waals surface area contributed by atoms with Crippen molar-refractivity contribution in [1.82, 2.24) is 9.88 Å². The summed E-state index contributed by atoms with van der Waals surface area (Å²) in [7, 11) is 0. The van der Waals surface area contributed by atoms with Crippen LogP contribution in [-0.4, -0.2) is 42.1 Å². The standard InChI is InChI=1S/C18H13Cl3N2O3/c19-11-8-12(16(21)13(20)9-11)17-22-14-7-10(1-2-15(14)26-17)18(24)23-3-5-25-6-4-23/h1-2,7-9H,3-6H2. The molecule has 4 rings (SSSR count). The number of amides is 1. The van der Waals surface area contributed by atoms with Crippen molar-refractivity contribution in [2.45, 2.75) is 0 Å². The highest BCUT2D eigenvalue weighted by molar-refractivity contribution is 6.44. The van der Waals surface area contributed by atoms with Gasteiger partial charge in [0.25, 0.3) is 5.91 Å². The Balaban J connectivity index is 1.71. The highest BCUT2D eigenvalue weighted by Gasteiger charge is 2.20. The average molecular weight is 412 g/mol. The molecule has 134 valence electrons. The normalized spacial score (nSPS) is 14.8. The number of carbonyl (C=O) groups is 1. The number of hydrogen-bond acceptors (Lipinski definition) is 4. The zero-order valence-corrected chi connectivity index (χ0v) is 15.7. The molecule has 8 heteroatoms. The Kier molecular flexibility index (Phi) is 4.80. The molecule has 0 unspecified atom stereocenters. The Morgan fingerprint density at radius 3 is 2.62 bits per heavy atom. The van der Waals surface area contributed by atoms with Gasteiger partial charge < -0.3 is 14.1 Å². The Labute approximate surface area is 164 Å². The van der Waals surface area contributed by atoms with Crippen LogP contribution in [0.1, 0.15) is 10.4 Å². The molecule has 5 nitrogen and oxygen atoms in total. The average Bonchev–Trinajstić information content (AvgIpc) is 3.07. The molecular weight excluding hydrogens is 399 g/mol. The molecule has 1 aliphatic heterocycles. The van der Waals surface area contributed by atoms with E-state index < -0.39 is 0 Å². The van der Waals surface area contributed by atoms with Gasteiger partial charge in [0.2, 0.25) is 5.89 Å². The maximum absolute atomic E-state index is 12.6. The van der Waals surface area contributed by atoms with Crippen LogP contribution in [0.5, 0.6) is 0 Å². The first-order valence-corrected chi connectivity index (χ1v) is 9.09. The molecule has 1 amide bonds. The molecule has 0 radical (unpaired) electrons. The molecule has 0 spiro atoms. The van der Waals surface area contributed by atoms with Gasteiger partial charge in [0.1, 0.15) is 5.52 Å². The number of fused-ring (bicyclic) bond motifs is 1. The Hall–Kier alpha value is -1.79. The lowest BCUT2D eigenvalue weighted by Crippen LogP contribution is -2.40. The number of benzene rings is 2. The SMILES string of the molecule is O=C(c1ccc2oc(-c3cc(Cl)cc(Cl)c3Cl)nc2c1)N1CCOCC1. The summed E-state index contributed by atoms with van der Waals surface area (Å²) in [6, 6.07) is 8.35. The molecule has 0 N–H and O–H groups in total. The molecule has 3 aromatic rings. The van der Waals surface area contributed by atoms with E-state index in [-0.39, 0.29) is 5.91 Å². The zero-order valence-electron chi connectivity index (χ0n) is 13.5. The smallest absolute Gasteiger partial charge is 0.254 e. The topological polar surface area (TPSA) is 55.6 Å². The molecule has 0 atom stereocenters. The predicted octanol–water partition coefficient (Wildman–Crippen LogP) is 4.93. The largest absolute Gasteiger partial charge is 0.436 e. The summed E-state index contributed by atoms with van der Waals surface area (Å²) in [6.45, 7) is 2.27. The number of aromatic nitrogens is 1. The van der Waals surface area contributed by atoms with Crippen LogP contribution in [-0.2, 0) is 4.74 Å². The van der Waals surface area contributed by atoms with E-state index in [2.05, 4.69) is 4.98 Å². The van der Waals surface area contributed by atoms with E-state index in [4.69, 9.17) is 44.0 Å². The summed E-state index contributed by atoms with van der Waals surface area (Å²) in [5.74, 6) is 0.244. The summed E-state index contributed by atoms with van der Waals surface area (Å²) in [5, 5.41) is 1.06. The number of ether oxygens (including phenoxy) is 1. The number of nitrogens with zero attached hydrogens (tertiary/aromatic N) is 2. The number of halogens is 3. The molecule has 2 heterocycles. The van der Waals surface area contributed by atoms with Gasteiger partial charge in [-0.2, -0.15) is 0 Å². The van der Waals surface area contributed by atoms with E-state index >= 15 is 0 Å². The highest BCUT2D eigenvalue weighted by atomic mass is 35.5. The second-order valence-corrected chi connectivity index (χ2v) is 7.08. The molecule has 0 aliphatic carbocycles.